The van der Waals surface area contributed by atoms with Crippen LogP contribution in [0.2, 0.25) is 16.6 Å². The van der Waals surface area contributed by atoms with E-state index in [1.807, 2.05) is 0 Å². The van der Waals surface area contributed by atoms with E-state index in [1.165, 1.54) is 4.90 Å². The SMILES string of the molecule is CCN(CC)C(=O)OC(CC(O)CO[Si](C(C)C)(C(C)C)C(C)C)=C(F)F. The van der Waals surface area contributed by atoms with Crippen LogP contribution in [0, 0.1) is 0 Å². The molecule has 0 fully saturated rings. The molecule has 160 valence electrons. The molecule has 5 nitrogen and oxygen atoms in total. The molecule has 0 saturated heterocycles. The average molecular weight is 410 g/mol. The first kappa shape index (κ1) is 26.0. The largest absolute Gasteiger partial charge is 0.415 e. The lowest BCUT2D eigenvalue weighted by Crippen LogP contribution is -2.49. The fraction of sp³-hybridized carbons (Fsp3) is 0.842. The maximum absolute atomic E-state index is 13.2. The fourth-order valence-corrected chi connectivity index (χ4v) is 9.30. The Bertz CT molecular complexity index is 468. The zero-order chi connectivity index (χ0) is 21.4. The molecule has 8 heteroatoms. The minimum atomic E-state index is -2.21. The van der Waals surface area contributed by atoms with Crippen molar-refractivity contribution in [3.05, 3.63) is 11.8 Å². The van der Waals surface area contributed by atoms with Crippen molar-refractivity contribution < 1.29 is 27.8 Å². The van der Waals surface area contributed by atoms with Gasteiger partial charge in [-0.05, 0) is 30.5 Å². The number of aliphatic hydroxyl groups is 1. The average Bonchev–Trinajstić information content (AvgIpc) is 2.54. The molecular weight excluding hydrogens is 372 g/mol. The van der Waals surface area contributed by atoms with Crippen LogP contribution in [-0.4, -0.2) is 50.2 Å². The number of aliphatic hydroxyl groups excluding tert-OH is 1. The van der Waals surface area contributed by atoms with Crippen molar-refractivity contribution in [1.29, 1.82) is 0 Å². The van der Waals surface area contributed by atoms with E-state index in [9.17, 15) is 18.7 Å². The quantitative estimate of drug-likeness (QED) is 0.361. The number of ether oxygens (including phenoxy) is 1. The topological polar surface area (TPSA) is 59.0 Å². The molecule has 0 saturated carbocycles. The molecule has 0 radical (unpaired) electrons. The summed E-state index contributed by atoms with van der Waals surface area (Å²) in [7, 11) is -2.21. The molecule has 1 amide bonds. The Hall–Kier alpha value is -0.993. The van der Waals surface area contributed by atoms with E-state index in [2.05, 4.69) is 41.5 Å². The Morgan fingerprint density at radius 3 is 1.78 bits per heavy atom. The summed E-state index contributed by atoms with van der Waals surface area (Å²) in [6.45, 7) is 16.8. The van der Waals surface area contributed by atoms with Crippen LogP contribution in [0.5, 0.6) is 0 Å². The summed E-state index contributed by atoms with van der Waals surface area (Å²) in [5.74, 6) is -0.797. The van der Waals surface area contributed by atoms with Gasteiger partial charge in [-0.15, -0.1) is 0 Å². The first-order valence-electron chi connectivity index (χ1n) is 9.76. The number of carbonyl (C=O) groups is 1. The van der Waals surface area contributed by atoms with E-state index in [1.54, 1.807) is 13.8 Å². The Morgan fingerprint density at radius 1 is 1.00 bits per heavy atom. The van der Waals surface area contributed by atoms with Crippen LogP contribution in [0.25, 0.3) is 0 Å². The van der Waals surface area contributed by atoms with E-state index in [-0.39, 0.29) is 6.61 Å². The van der Waals surface area contributed by atoms with Gasteiger partial charge in [0.1, 0.15) is 0 Å². The summed E-state index contributed by atoms with van der Waals surface area (Å²) in [6.07, 6.45) is -4.58. The van der Waals surface area contributed by atoms with Gasteiger partial charge < -0.3 is 19.2 Å². The molecule has 0 bridgehead atoms. The van der Waals surface area contributed by atoms with Crippen molar-refractivity contribution in [3.63, 3.8) is 0 Å². The first-order valence-corrected chi connectivity index (χ1v) is 11.9. The van der Waals surface area contributed by atoms with Gasteiger partial charge in [-0.1, -0.05) is 41.5 Å². The van der Waals surface area contributed by atoms with Crippen molar-refractivity contribution in [2.75, 3.05) is 19.7 Å². The van der Waals surface area contributed by atoms with Crippen LogP contribution in [0.3, 0.4) is 0 Å². The number of amides is 1. The lowest BCUT2D eigenvalue weighted by Gasteiger charge is -2.42. The van der Waals surface area contributed by atoms with Gasteiger partial charge in [-0.3, -0.25) is 0 Å². The third-order valence-corrected chi connectivity index (χ3v) is 11.2. The van der Waals surface area contributed by atoms with Crippen LogP contribution < -0.4 is 0 Å². The molecule has 0 rings (SSSR count). The van der Waals surface area contributed by atoms with Gasteiger partial charge in [0, 0.05) is 19.5 Å². The Kier molecular flexibility index (Phi) is 11.3. The van der Waals surface area contributed by atoms with Crippen LogP contribution in [-0.2, 0) is 9.16 Å². The summed E-state index contributed by atoms with van der Waals surface area (Å²) in [4.78, 5) is 13.2. The van der Waals surface area contributed by atoms with Gasteiger partial charge in [0.15, 0.2) is 14.1 Å². The highest BCUT2D eigenvalue weighted by atomic mass is 28.4. The van der Waals surface area contributed by atoms with Gasteiger partial charge in [0.25, 0.3) is 0 Å². The van der Waals surface area contributed by atoms with E-state index < -0.39 is 38.8 Å². The Labute approximate surface area is 163 Å². The third-order valence-electron chi connectivity index (χ3n) is 5.10. The predicted octanol–water partition coefficient (Wildman–Crippen LogP) is 5.52. The number of rotatable bonds is 11. The Balaban J connectivity index is 5.10. The molecule has 1 N–H and O–H groups in total. The first-order chi connectivity index (χ1) is 12.4. The molecule has 0 spiro atoms. The van der Waals surface area contributed by atoms with Crippen LogP contribution in [0.4, 0.5) is 13.6 Å². The van der Waals surface area contributed by atoms with Crippen molar-refractivity contribution >= 4 is 14.4 Å². The molecule has 0 aliphatic heterocycles. The zero-order valence-electron chi connectivity index (χ0n) is 18.0. The molecule has 1 atom stereocenters. The van der Waals surface area contributed by atoms with Crippen molar-refractivity contribution in [2.24, 2.45) is 0 Å². The number of carbonyl (C=O) groups excluding carboxylic acids is 1. The standard InChI is InChI=1S/C19H37F2NO4Si/c1-9-22(10-2)19(24)26-17(18(20)21)11-16(23)12-25-27(13(3)4,14(5)6)15(7)8/h13-16,23H,9-12H2,1-8H3. The summed E-state index contributed by atoms with van der Waals surface area (Å²) >= 11 is 0. The minimum Gasteiger partial charge on any atom is -0.413 e. The minimum absolute atomic E-state index is 0.0552. The number of halogens is 2. The van der Waals surface area contributed by atoms with Crippen molar-refractivity contribution in [1.82, 2.24) is 4.90 Å². The van der Waals surface area contributed by atoms with E-state index >= 15 is 0 Å². The van der Waals surface area contributed by atoms with Gasteiger partial charge in [-0.2, -0.15) is 8.78 Å². The van der Waals surface area contributed by atoms with Gasteiger partial charge in [-0.25, -0.2) is 4.79 Å². The highest BCUT2D eigenvalue weighted by Crippen LogP contribution is 2.42. The second kappa shape index (κ2) is 11.8. The lowest BCUT2D eigenvalue weighted by molar-refractivity contribution is 0.0739. The van der Waals surface area contributed by atoms with E-state index in [0.29, 0.717) is 29.7 Å². The second-order valence-corrected chi connectivity index (χ2v) is 13.2. The maximum Gasteiger partial charge on any atom is 0.415 e. The second-order valence-electron chi connectivity index (χ2n) is 7.71. The Morgan fingerprint density at radius 2 is 1.44 bits per heavy atom. The summed E-state index contributed by atoms with van der Waals surface area (Å²) in [5, 5.41) is 10.3. The molecule has 0 heterocycles. The maximum atomic E-state index is 13.2. The summed E-state index contributed by atoms with van der Waals surface area (Å²) in [5.41, 5.74) is 0.953. The molecule has 0 aromatic heterocycles. The van der Waals surface area contributed by atoms with Crippen molar-refractivity contribution in [3.8, 4) is 0 Å². The molecule has 0 aliphatic carbocycles. The van der Waals surface area contributed by atoms with Crippen LogP contribution in [0.15, 0.2) is 11.8 Å². The fourth-order valence-electron chi connectivity index (χ4n) is 3.82. The normalized spacial score (nSPS) is 13.3. The summed E-state index contributed by atoms with van der Waals surface area (Å²) < 4.78 is 37.4. The van der Waals surface area contributed by atoms with E-state index in [4.69, 9.17) is 9.16 Å². The number of hydrogen-bond donors (Lipinski definition) is 1. The predicted molar refractivity (Wildman–Crippen MR) is 106 cm³/mol. The lowest BCUT2D eigenvalue weighted by atomic mass is 10.2. The monoisotopic (exact) mass is 409 g/mol. The molecule has 1 unspecified atom stereocenters. The molecule has 0 aromatic carbocycles. The number of hydrogen-bond acceptors (Lipinski definition) is 4. The van der Waals surface area contributed by atoms with Crippen LogP contribution in [0.1, 0.15) is 61.8 Å². The van der Waals surface area contributed by atoms with Gasteiger partial charge in [0.05, 0.1) is 12.7 Å². The van der Waals surface area contributed by atoms with Gasteiger partial charge >= 0.3 is 12.2 Å². The third kappa shape index (κ3) is 7.16. The highest BCUT2D eigenvalue weighted by Gasteiger charge is 2.45. The molecule has 0 aromatic rings. The highest BCUT2D eigenvalue weighted by molar-refractivity contribution is 6.77. The molecular formula is C19H37F2NO4Si. The van der Waals surface area contributed by atoms with Gasteiger partial charge in [0.2, 0.25) is 0 Å². The smallest absolute Gasteiger partial charge is 0.413 e. The molecule has 0 aliphatic rings. The molecule has 27 heavy (non-hydrogen) atoms. The number of nitrogens with zero attached hydrogens (tertiary/aromatic N) is 1. The zero-order valence-corrected chi connectivity index (χ0v) is 19.0. The van der Waals surface area contributed by atoms with Crippen molar-refractivity contribution in [2.45, 2.75) is 84.5 Å². The summed E-state index contributed by atoms with van der Waals surface area (Å²) in [6, 6.07) is 0. The van der Waals surface area contributed by atoms with E-state index in [0.717, 1.165) is 0 Å². The van der Waals surface area contributed by atoms with Crippen LogP contribution >= 0.6 is 0 Å².